The van der Waals surface area contributed by atoms with E-state index in [4.69, 9.17) is 0 Å². The first kappa shape index (κ1) is 15.1. The summed E-state index contributed by atoms with van der Waals surface area (Å²) in [5, 5.41) is 0. The van der Waals surface area contributed by atoms with Gasteiger partial charge in [0.25, 0.3) is 0 Å². The molecule has 0 heteroatoms. The molecule has 22 heavy (non-hydrogen) atoms. The molecule has 0 spiro atoms. The van der Waals surface area contributed by atoms with Gasteiger partial charge in [-0.1, -0.05) is 61.5 Å². The first-order valence-corrected chi connectivity index (χ1v) is 8.55. The molecule has 0 nitrogen and oxygen atoms in total. The minimum Gasteiger partial charge on any atom is -0.0955 e. The molecule has 0 amide bonds. The van der Waals surface area contributed by atoms with E-state index >= 15 is 0 Å². The summed E-state index contributed by atoms with van der Waals surface area (Å²) in [6, 6.07) is 15.8. The van der Waals surface area contributed by atoms with Crippen LogP contribution in [0.25, 0.3) is 5.57 Å². The smallest absolute Gasteiger partial charge is 0.0118 e. The second kappa shape index (κ2) is 6.52. The third-order valence-electron chi connectivity index (χ3n) is 5.00. The molecule has 114 valence electrons. The maximum absolute atomic E-state index is 4.23. The van der Waals surface area contributed by atoms with Crippen molar-refractivity contribution in [2.45, 2.75) is 51.9 Å². The van der Waals surface area contributed by atoms with Gasteiger partial charge in [-0.25, -0.2) is 0 Å². The maximum atomic E-state index is 4.23. The summed E-state index contributed by atoms with van der Waals surface area (Å²) in [7, 11) is 0. The summed E-state index contributed by atoms with van der Waals surface area (Å²) >= 11 is 0. The lowest BCUT2D eigenvalue weighted by atomic mass is 9.78. The number of rotatable bonds is 4. The molecule has 2 aromatic rings. The van der Waals surface area contributed by atoms with Crippen molar-refractivity contribution in [1.82, 2.24) is 0 Å². The van der Waals surface area contributed by atoms with Gasteiger partial charge in [0.05, 0.1) is 0 Å². The van der Waals surface area contributed by atoms with Crippen molar-refractivity contribution in [3.8, 4) is 0 Å². The molecule has 0 aromatic heterocycles. The normalized spacial score (nSPS) is 17.1. The standard InChI is InChI=1S/C22H26/c1-4-17-10-7-13-20(22(17)16(2)3)15-19-12-8-11-18-9-5-6-14-21(18)19/h5-7,9-10,13-14,19H,2,4,8,11-12,15H2,1,3H3. The largest absolute Gasteiger partial charge is 0.0955 e. The number of fused-ring (bicyclic) bond motifs is 1. The summed E-state index contributed by atoms with van der Waals surface area (Å²) < 4.78 is 0. The summed E-state index contributed by atoms with van der Waals surface area (Å²) in [4.78, 5) is 0. The van der Waals surface area contributed by atoms with Crippen molar-refractivity contribution in [3.63, 3.8) is 0 Å². The number of allylic oxidation sites excluding steroid dienone is 1. The molecule has 0 N–H and O–H groups in total. The minimum absolute atomic E-state index is 0.662. The van der Waals surface area contributed by atoms with E-state index in [1.807, 2.05) is 0 Å². The highest BCUT2D eigenvalue weighted by Gasteiger charge is 2.21. The highest BCUT2D eigenvalue weighted by molar-refractivity contribution is 5.68. The monoisotopic (exact) mass is 290 g/mol. The van der Waals surface area contributed by atoms with Gasteiger partial charge in [0.2, 0.25) is 0 Å². The molecule has 0 saturated carbocycles. The van der Waals surface area contributed by atoms with Gasteiger partial charge in [-0.05, 0) is 72.8 Å². The predicted molar refractivity (Wildman–Crippen MR) is 96.4 cm³/mol. The number of hydrogen-bond acceptors (Lipinski definition) is 0. The fourth-order valence-electron chi connectivity index (χ4n) is 4.00. The molecule has 2 aromatic carbocycles. The summed E-state index contributed by atoms with van der Waals surface area (Å²) in [5.74, 6) is 0.662. The average Bonchev–Trinajstić information content (AvgIpc) is 2.54. The Bertz CT molecular complexity index is 678. The lowest BCUT2D eigenvalue weighted by molar-refractivity contribution is 0.550. The molecule has 3 rings (SSSR count). The zero-order valence-corrected chi connectivity index (χ0v) is 13.9. The van der Waals surface area contributed by atoms with Gasteiger partial charge in [-0.3, -0.25) is 0 Å². The second-order valence-electron chi connectivity index (χ2n) is 6.58. The molecule has 0 bridgehead atoms. The van der Waals surface area contributed by atoms with Gasteiger partial charge in [-0.2, -0.15) is 0 Å². The number of benzene rings is 2. The minimum atomic E-state index is 0.662. The Hall–Kier alpha value is -1.82. The Morgan fingerprint density at radius 3 is 2.64 bits per heavy atom. The summed E-state index contributed by atoms with van der Waals surface area (Å²) in [5.41, 5.74) is 8.66. The molecule has 0 radical (unpaired) electrons. The fourth-order valence-corrected chi connectivity index (χ4v) is 4.00. The Kier molecular flexibility index (Phi) is 4.47. The van der Waals surface area contributed by atoms with Crippen LogP contribution in [0.5, 0.6) is 0 Å². The van der Waals surface area contributed by atoms with E-state index in [2.05, 4.69) is 62.9 Å². The average molecular weight is 290 g/mol. The summed E-state index contributed by atoms with van der Waals surface area (Å²) in [6.07, 6.45) is 6.10. The van der Waals surface area contributed by atoms with E-state index in [9.17, 15) is 0 Å². The van der Waals surface area contributed by atoms with Crippen LogP contribution in [0.15, 0.2) is 49.0 Å². The van der Waals surface area contributed by atoms with Crippen molar-refractivity contribution in [2.24, 2.45) is 0 Å². The Morgan fingerprint density at radius 2 is 1.86 bits per heavy atom. The molecule has 0 saturated heterocycles. The number of aryl methyl sites for hydroxylation is 2. The predicted octanol–water partition coefficient (Wildman–Crippen LogP) is 5.94. The van der Waals surface area contributed by atoms with E-state index < -0.39 is 0 Å². The highest BCUT2D eigenvalue weighted by Crippen LogP contribution is 2.36. The molecule has 1 aliphatic rings. The van der Waals surface area contributed by atoms with Crippen molar-refractivity contribution in [1.29, 1.82) is 0 Å². The van der Waals surface area contributed by atoms with E-state index in [0.717, 1.165) is 12.8 Å². The van der Waals surface area contributed by atoms with Crippen molar-refractivity contribution >= 4 is 5.57 Å². The SMILES string of the molecule is C=C(C)c1c(CC)cccc1CC1CCCc2ccccc21. The lowest BCUT2D eigenvalue weighted by Gasteiger charge is -2.27. The van der Waals surface area contributed by atoms with Gasteiger partial charge in [0.15, 0.2) is 0 Å². The van der Waals surface area contributed by atoms with Crippen LogP contribution in [0.3, 0.4) is 0 Å². The Balaban J connectivity index is 1.96. The lowest BCUT2D eigenvalue weighted by Crippen LogP contribution is -2.13. The van der Waals surface area contributed by atoms with Gasteiger partial charge in [0, 0.05) is 0 Å². The van der Waals surface area contributed by atoms with E-state index in [1.54, 1.807) is 11.1 Å². The molecule has 0 fully saturated rings. The zero-order chi connectivity index (χ0) is 15.5. The highest BCUT2D eigenvalue weighted by atomic mass is 14.3. The van der Waals surface area contributed by atoms with Crippen LogP contribution in [0.2, 0.25) is 0 Å². The van der Waals surface area contributed by atoms with Gasteiger partial charge in [0.1, 0.15) is 0 Å². The van der Waals surface area contributed by atoms with Crippen molar-refractivity contribution in [3.05, 3.63) is 76.9 Å². The Morgan fingerprint density at radius 1 is 1.09 bits per heavy atom. The second-order valence-corrected chi connectivity index (χ2v) is 6.58. The van der Waals surface area contributed by atoms with Crippen LogP contribution in [-0.2, 0) is 19.3 Å². The molecule has 1 aliphatic carbocycles. The number of hydrogen-bond donors (Lipinski definition) is 0. The van der Waals surface area contributed by atoms with Crippen LogP contribution < -0.4 is 0 Å². The topological polar surface area (TPSA) is 0 Å². The fraction of sp³-hybridized carbons (Fsp3) is 0.364. The third kappa shape index (κ3) is 2.88. The quantitative estimate of drug-likeness (QED) is 0.653. The van der Waals surface area contributed by atoms with Gasteiger partial charge >= 0.3 is 0 Å². The van der Waals surface area contributed by atoms with Crippen LogP contribution in [0.1, 0.15) is 60.4 Å². The van der Waals surface area contributed by atoms with Crippen molar-refractivity contribution in [2.75, 3.05) is 0 Å². The van der Waals surface area contributed by atoms with E-state index in [0.29, 0.717) is 5.92 Å². The first-order chi connectivity index (χ1) is 10.7. The van der Waals surface area contributed by atoms with Crippen LogP contribution in [0.4, 0.5) is 0 Å². The van der Waals surface area contributed by atoms with Crippen LogP contribution in [-0.4, -0.2) is 0 Å². The summed E-state index contributed by atoms with van der Waals surface area (Å²) in [6.45, 7) is 8.62. The maximum Gasteiger partial charge on any atom is -0.0118 e. The molecule has 0 heterocycles. The molecule has 1 atom stereocenters. The molecule has 0 aliphatic heterocycles. The Labute approximate surface area is 134 Å². The van der Waals surface area contributed by atoms with Crippen LogP contribution in [0, 0.1) is 0 Å². The molecular weight excluding hydrogens is 264 g/mol. The van der Waals surface area contributed by atoms with Gasteiger partial charge in [-0.15, -0.1) is 0 Å². The van der Waals surface area contributed by atoms with E-state index in [1.165, 1.54) is 41.5 Å². The molecular formula is C22H26. The van der Waals surface area contributed by atoms with Crippen LogP contribution >= 0.6 is 0 Å². The zero-order valence-electron chi connectivity index (χ0n) is 13.9. The first-order valence-electron chi connectivity index (χ1n) is 8.55. The van der Waals surface area contributed by atoms with E-state index in [-0.39, 0.29) is 0 Å². The van der Waals surface area contributed by atoms with Crippen molar-refractivity contribution < 1.29 is 0 Å². The molecule has 1 unspecified atom stereocenters. The van der Waals surface area contributed by atoms with Gasteiger partial charge < -0.3 is 0 Å². The third-order valence-corrected chi connectivity index (χ3v) is 5.00.